The molecule has 4 heteroatoms. The quantitative estimate of drug-likeness (QED) is 0.752. The Labute approximate surface area is 120 Å². The predicted molar refractivity (Wildman–Crippen MR) is 80.7 cm³/mol. The second kappa shape index (κ2) is 7.70. The van der Waals surface area contributed by atoms with Crippen molar-refractivity contribution in [2.24, 2.45) is 0 Å². The minimum Gasteiger partial charge on any atom is -0.486 e. The maximum Gasteiger partial charge on any atom is 0.157 e. The molecule has 1 aromatic heterocycles. The van der Waals surface area contributed by atoms with Crippen LogP contribution in [0, 0.1) is 0 Å². The van der Waals surface area contributed by atoms with Gasteiger partial charge in [0.1, 0.15) is 6.61 Å². The number of aromatic nitrogens is 2. The van der Waals surface area contributed by atoms with Gasteiger partial charge in [0.25, 0.3) is 0 Å². The highest BCUT2D eigenvalue weighted by Gasteiger charge is 2.00. The van der Waals surface area contributed by atoms with E-state index in [9.17, 15) is 0 Å². The summed E-state index contributed by atoms with van der Waals surface area (Å²) in [5.74, 6) is 0.821. The SMILES string of the molecule is CCCNCc1cccc(COc2cnn(CC)c2)c1. The average molecular weight is 273 g/mol. The highest BCUT2D eigenvalue weighted by atomic mass is 16.5. The topological polar surface area (TPSA) is 39.1 Å². The van der Waals surface area contributed by atoms with Gasteiger partial charge in [0, 0.05) is 13.1 Å². The molecule has 0 fully saturated rings. The van der Waals surface area contributed by atoms with E-state index < -0.39 is 0 Å². The zero-order valence-corrected chi connectivity index (χ0v) is 12.3. The first-order valence-electron chi connectivity index (χ1n) is 7.25. The van der Waals surface area contributed by atoms with Gasteiger partial charge in [-0.3, -0.25) is 4.68 Å². The molecule has 0 unspecified atom stereocenters. The van der Waals surface area contributed by atoms with Crippen molar-refractivity contribution in [2.45, 2.75) is 40.0 Å². The van der Waals surface area contributed by atoms with Crippen LogP contribution in [0.3, 0.4) is 0 Å². The summed E-state index contributed by atoms with van der Waals surface area (Å²) in [6, 6.07) is 8.50. The number of ether oxygens (including phenoxy) is 1. The Bertz CT molecular complexity index is 522. The van der Waals surface area contributed by atoms with E-state index in [4.69, 9.17) is 4.74 Å². The van der Waals surface area contributed by atoms with Crippen molar-refractivity contribution in [3.63, 3.8) is 0 Å². The zero-order chi connectivity index (χ0) is 14.2. The Morgan fingerprint density at radius 2 is 2.10 bits per heavy atom. The summed E-state index contributed by atoms with van der Waals surface area (Å²) in [6.45, 7) is 7.64. The maximum absolute atomic E-state index is 5.75. The predicted octanol–water partition coefficient (Wildman–Crippen LogP) is 2.98. The lowest BCUT2D eigenvalue weighted by molar-refractivity contribution is 0.305. The number of nitrogens with one attached hydrogen (secondary N) is 1. The number of hydrogen-bond donors (Lipinski definition) is 1. The molecule has 0 bridgehead atoms. The molecule has 20 heavy (non-hydrogen) atoms. The number of benzene rings is 1. The lowest BCUT2D eigenvalue weighted by atomic mass is 10.1. The van der Waals surface area contributed by atoms with Crippen LogP contribution in [0.2, 0.25) is 0 Å². The van der Waals surface area contributed by atoms with Crippen LogP contribution < -0.4 is 10.1 Å². The summed E-state index contributed by atoms with van der Waals surface area (Å²) in [7, 11) is 0. The molecule has 1 aromatic carbocycles. The fourth-order valence-corrected chi connectivity index (χ4v) is 2.00. The third-order valence-electron chi connectivity index (χ3n) is 3.09. The molecule has 0 aliphatic heterocycles. The standard InChI is InChI=1S/C16H23N3O/c1-3-8-17-10-14-6-5-7-15(9-14)13-20-16-11-18-19(4-2)12-16/h5-7,9,11-12,17H,3-4,8,10,13H2,1-2H3. The van der Waals surface area contributed by atoms with Gasteiger partial charge in [-0.1, -0.05) is 31.2 Å². The molecule has 0 atom stereocenters. The fraction of sp³-hybridized carbons (Fsp3) is 0.438. The van der Waals surface area contributed by atoms with Crippen molar-refractivity contribution in [3.8, 4) is 5.75 Å². The summed E-state index contributed by atoms with van der Waals surface area (Å²) in [5.41, 5.74) is 2.48. The minimum absolute atomic E-state index is 0.580. The van der Waals surface area contributed by atoms with Crippen LogP contribution in [0.1, 0.15) is 31.4 Å². The molecule has 0 amide bonds. The van der Waals surface area contributed by atoms with Crippen LogP contribution in [0.25, 0.3) is 0 Å². The number of rotatable bonds is 8. The molecule has 108 valence electrons. The monoisotopic (exact) mass is 273 g/mol. The van der Waals surface area contributed by atoms with E-state index in [1.807, 2.05) is 10.9 Å². The normalized spacial score (nSPS) is 10.7. The van der Waals surface area contributed by atoms with Crippen molar-refractivity contribution < 1.29 is 4.74 Å². The highest BCUT2D eigenvalue weighted by Crippen LogP contribution is 2.12. The van der Waals surface area contributed by atoms with Gasteiger partial charge < -0.3 is 10.1 Å². The van der Waals surface area contributed by atoms with E-state index in [1.54, 1.807) is 6.20 Å². The van der Waals surface area contributed by atoms with E-state index in [1.165, 1.54) is 11.1 Å². The molecule has 1 N–H and O–H groups in total. The molecule has 4 nitrogen and oxygen atoms in total. The van der Waals surface area contributed by atoms with Crippen LogP contribution in [-0.2, 0) is 19.7 Å². The van der Waals surface area contributed by atoms with Crippen molar-refractivity contribution in [1.82, 2.24) is 15.1 Å². The van der Waals surface area contributed by atoms with E-state index in [2.05, 4.69) is 48.5 Å². The van der Waals surface area contributed by atoms with Crippen LogP contribution >= 0.6 is 0 Å². The third-order valence-corrected chi connectivity index (χ3v) is 3.09. The van der Waals surface area contributed by atoms with Gasteiger partial charge in [-0.25, -0.2) is 0 Å². The molecular weight excluding hydrogens is 250 g/mol. The first-order chi connectivity index (χ1) is 9.81. The van der Waals surface area contributed by atoms with Gasteiger partial charge in [0.2, 0.25) is 0 Å². The molecule has 0 spiro atoms. The maximum atomic E-state index is 5.75. The molecule has 0 radical (unpaired) electrons. The molecule has 2 aromatic rings. The molecule has 2 rings (SSSR count). The Hall–Kier alpha value is -1.81. The lowest BCUT2D eigenvalue weighted by Gasteiger charge is -2.07. The Morgan fingerprint density at radius 3 is 2.85 bits per heavy atom. The average Bonchev–Trinajstić information content (AvgIpc) is 2.94. The highest BCUT2D eigenvalue weighted by molar-refractivity contribution is 5.23. The van der Waals surface area contributed by atoms with Gasteiger partial charge >= 0.3 is 0 Å². The van der Waals surface area contributed by atoms with E-state index in [0.29, 0.717) is 6.61 Å². The van der Waals surface area contributed by atoms with Crippen LogP contribution in [0.4, 0.5) is 0 Å². The second-order valence-corrected chi connectivity index (χ2v) is 4.82. The van der Waals surface area contributed by atoms with Crippen LogP contribution in [0.5, 0.6) is 5.75 Å². The van der Waals surface area contributed by atoms with Gasteiger partial charge in [-0.15, -0.1) is 0 Å². The summed E-state index contributed by atoms with van der Waals surface area (Å²) in [6.07, 6.45) is 4.84. The summed E-state index contributed by atoms with van der Waals surface area (Å²) < 4.78 is 7.61. The summed E-state index contributed by atoms with van der Waals surface area (Å²) >= 11 is 0. The molecule has 1 heterocycles. The molecule has 0 aliphatic carbocycles. The minimum atomic E-state index is 0.580. The molecule has 0 saturated heterocycles. The largest absolute Gasteiger partial charge is 0.486 e. The van der Waals surface area contributed by atoms with E-state index in [-0.39, 0.29) is 0 Å². The zero-order valence-electron chi connectivity index (χ0n) is 12.3. The molecular formula is C16H23N3O. The third kappa shape index (κ3) is 4.38. The van der Waals surface area contributed by atoms with Crippen LogP contribution in [-0.4, -0.2) is 16.3 Å². The van der Waals surface area contributed by atoms with Gasteiger partial charge in [-0.05, 0) is 31.0 Å². The van der Waals surface area contributed by atoms with Crippen molar-refractivity contribution in [3.05, 3.63) is 47.8 Å². The van der Waals surface area contributed by atoms with Gasteiger partial charge in [-0.2, -0.15) is 5.10 Å². The number of aryl methyl sites for hydroxylation is 1. The van der Waals surface area contributed by atoms with Crippen LogP contribution in [0.15, 0.2) is 36.7 Å². The Kier molecular flexibility index (Phi) is 5.62. The van der Waals surface area contributed by atoms with Crippen molar-refractivity contribution in [1.29, 1.82) is 0 Å². The second-order valence-electron chi connectivity index (χ2n) is 4.82. The smallest absolute Gasteiger partial charge is 0.157 e. The van der Waals surface area contributed by atoms with Crippen molar-refractivity contribution in [2.75, 3.05) is 6.54 Å². The lowest BCUT2D eigenvalue weighted by Crippen LogP contribution is -2.13. The molecule has 0 aliphatic rings. The first kappa shape index (κ1) is 14.6. The van der Waals surface area contributed by atoms with Gasteiger partial charge in [0.05, 0.1) is 12.4 Å². The number of hydrogen-bond acceptors (Lipinski definition) is 3. The summed E-state index contributed by atoms with van der Waals surface area (Å²) in [5, 5.41) is 7.61. The van der Waals surface area contributed by atoms with Crippen molar-refractivity contribution >= 4 is 0 Å². The van der Waals surface area contributed by atoms with E-state index >= 15 is 0 Å². The Balaban J connectivity index is 1.87. The first-order valence-corrected chi connectivity index (χ1v) is 7.25. The van der Waals surface area contributed by atoms with E-state index in [0.717, 1.165) is 31.8 Å². The summed E-state index contributed by atoms with van der Waals surface area (Å²) in [4.78, 5) is 0. The van der Waals surface area contributed by atoms with Gasteiger partial charge in [0.15, 0.2) is 5.75 Å². The Morgan fingerprint density at radius 1 is 1.25 bits per heavy atom. The number of nitrogens with zero attached hydrogens (tertiary/aromatic N) is 2. The molecule has 0 saturated carbocycles. The fourth-order valence-electron chi connectivity index (χ4n) is 2.00.